The smallest absolute Gasteiger partial charge is 0.304 e. The zero-order valence-electron chi connectivity index (χ0n) is 16.9. The molecule has 8 nitrogen and oxygen atoms in total. The third-order valence-corrected chi connectivity index (χ3v) is 9.56. The largest absolute Gasteiger partial charge is 0.369 e. The molecular formula is C21H28N4O4S. The standard InChI is InChI=1S/C21H28N4O4S/c22-20(27)21-10-14-8-15(11-21)19(16(9-14)12-21)23-18(26)13-24-6-7-25(30(24,28)29)17-4-2-1-3-5-17/h1-5,14-16,19H,6-13H2,(H2,22,27)(H,23,26). The van der Waals surface area contributed by atoms with Gasteiger partial charge in [-0.15, -0.1) is 0 Å². The van der Waals surface area contributed by atoms with Crippen molar-refractivity contribution in [3.63, 3.8) is 0 Å². The number of hydrogen-bond donors (Lipinski definition) is 2. The number of hydrogen-bond acceptors (Lipinski definition) is 4. The van der Waals surface area contributed by atoms with E-state index in [2.05, 4.69) is 5.32 Å². The zero-order valence-corrected chi connectivity index (χ0v) is 17.7. The average Bonchev–Trinajstić information content (AvgIpc) is 2.98. The molecule has 1 aromatic carbocycles. The van der Waals surface area contributed by atoms with Crippen molar-refractivity contribution in [2.75, 3.05) is 23.9 Å². The van der Waals surface area contributed by atoms with Crippen LogP contribution in [0.15, 0.2) is 30.3 Å². The lowest BCUT2D eigenvalue weighted by Gasteiger charge is -2.58. The fourth-order valence-corrected chi connectivity index (χ4v) is 8.12. The molecule has 1 aromatic rings. The molecule has 0 aromatic heterocycles. The molecule has 9 heteroatoms. The summed E-state index contributed by atoms with van der Waals surface area (Å²) in [5.41, 5.74) is 5.95. The van der Waals surface area contributed by atoms with Crippen LogP contribution in [0, 0.1) is 23.2 Å². The molecule has 1 aliphatic heterocycles. The molecule has 4 aliphatic carbocycles. The highest BCUT2D eigenvalue weighted by Gasteiger charge is 2.58. The zero-order chi connectivity index (χ0) is 21.1. The molecule has 2 atom stereocenters. The van der Waals surface area contributed by atoms with Crippen molar-refractivity contribution < 1.29 is 18.0 Å². The lowest BCUT2D eigenvalue weighted by Crippen LogP contribution is -2.62. The second-order valence-corrected chi connectivity index (χ2v) is 11.3. The molecule has 6 rings (SSSR count). The molecule has 0 spiro atoms. The van der Waals surface area contributed by atoms with Crippen molar-refractivity contribution in [1.82, 2.24) is 9.62 Å². The van der Waals surface area contributed by atoms with Crippen LogP contribution < -0.4 is 15.4 Å². The molecule has 0 radical (unpaired) electrons. The third-order valence-electron chi connectivity index (χ3n) is 7.64. The highest BCUT2D eigenvalue weighted by Crippen LogP contribution is 2.59. The van der Waals surface area contributed by atoms with E-state index in [0.29, 0.717) is 18.2 Å². The Hall–Kier alpha value is -2.13. The SMILES string of the molecule is NC(=O)C12CC3CC(C1)C(NC(=O)CN1CCN(c4ccccc4)S1(=O)=O)C(C3)C2. The van der Waals surface area contributed by atoms with Crippen molar-refractivity contribution in [2.24, 2.45) is 28.9 Å². The van der Waals surface area contributed by atoms with Crippen LogP contribution in [0.4, 0.5) is 5.69 Å². The van der Waals surface area contributed by atoms with Gasteiger partial charge in [-0.1, -0.05) is 18.2 Å². The van der Waals surface area contributed by atoms with Crippen LogP contribution in [0.5, 0.6) is 0 Å². The molecule has 4 bridgehead atoms. The van der Waals surface area contributed by atoms with E-state index in [1.807, 2.05) is 6.07 Å². The first kappa shape index (κ1) is 19.8. The minimum Gasteiger partial charge on any atom is -0.369 e. The molecule has 4 saturated carbocycles. The Morgan fingerprint density at radius 1 is 1.07 bits per heavy atom. The summed E-state index contributed by atoms with van der Waals surface area (Å²) in [6.07, 6.45) is 4.39. The first-order valence-corrected chi connectivity index (χ1v) is 12.1. The number of primary amides is 1. The van der Waals surface area contributed by atoms with Crippen LogP contribution in [-0.4, -0.2) is 50.2 Å². The fourth-order valence-electron chi connectivity index (χ4n) is 6.54. The Labute approximate surface area is 177 Å². The van der Waals surface area contributed by atoms with E-state index in [4.69, 9.17) is 5.73 Å². The van der Waals surface area contributed by atoms with Gasteiger partial charge < -0.3 is 11.1 Å². The monoisotopic (exact) mass is 432 g/mol. The quantitative estimate of drug-likeness (QED) is 0.718. The van der Waals surface area contributed by atoms with Crippen molar-refractivity contribution in [3.05, 3.63) is 30.3 Å². The molecule has 1 heterocycles. The molecule has 1 saturated heterocycles. The average molecular weight is 433 g/mol. The number of carbonyl (C=O) groups excluding carboxylic acids is 2. The van der Waals surface area contributed by atoms with Crippen LogP contribution in [-0.2, 0) is 19.8 Å². The Bertz CT molecular complexity index is 950. The van der Waals surface area contributed by atoms with Crippen LogP contribution in [0.25, 0.3) is 0 Å². The topological polar surface area (TPSA) is 113 Å². The number of nitrogens with two attached hydrogens (primary N) is 1. The summed E-state index contributed by atoms with van der Waals surface area (Å²) < 4.78 is 28.4. The molecule has 5 fully saturated rings. The second kappa shape index (κ2) is 6.95. The number of amides is 2. The summed E-state index contributed by atoms with van der Waals surface area (Å²) in [5.74, 6) is 0.559. The van der Waals surface area contributed by atoms with Gasteiger partial charge in [-0.25, -0.2) is 0 Å². The van der Waals surface area contributed by atoms with Gasteiger partial charge in [0, 0.05) is 24.5 Å². The fraction of sp³-hybridized carbons (Fsp3) is 0.619. The number of nitrogens with zero attached hydrogens (tertiary/aromatic N) is 2. The summed E-state index contributed by atoms with van der Waals surface area (Å²) in [6.45, 7) is 0.443. The summed E-state index contributed by atoms with van der Waals surface area (Å²) in [5, 5.41) is 3.12. The van der Waals surface area contributed by atoms with Gasteiger partial charge in [-0.05, 0) is 62.0 Å². The summed E-state index contributed by atoms with van der Waals surface area (Å²) in [4.78, 5) is 24.9. The molecular weight excluding hydrogens is 404 g/mol. The Kier molecular flexibility index (Phi) is 4.59. The van der Waals surface area contributed by atoms with Gasteiger partial charge in [0.15, 0.2) is 0 Å². The van der Waals surface area contributed by atoms with Gasteiger partial charge in [0.2, 0.25) is 11.8 Å². The van der Waals surface area contributed by atoms with E-state index in [9.17, 15) is 18.0 Å². The first-order chi connectivity index (χ1) is 14.3. The number of carbonyl (C=O) groups is 2. The van der Waals surface area contributed by atoms with Crippen LogP contribution >= 0.6 is 0 Å². The number of benzene rings is 1. The maximum atomic E-state index is 12.9. The Morgan fingerprint density at radius 3 is 2.37 bits per heavy atom. The van der Waals surface area contributed by atoms with E-state index in [1.54, 1.807) is 24.3 Å². The van der Waals surface area contributed by atoms with Gasteiger partial charge in [0.1, 0.15) is 0 Å². The van der Waals surface area contributed by atoms with Crippen molar-refractivity contribution >= 4 is 27.7 Å². The maximum absolute atomic E-state index is 12.9. The molecule has 30 heavy (non-hydrogen) atoms. The Balaban J connectivity index is 1.25. The number of anilines is 1. The lowest BCUT2D eigenvalue weighted by molar-refractivity contribution is -0.147. The van der Waals surface area contributed by atoms with Crippen LogP contribution in [0.3, 0.4) is 0 Å². The van der Waals surface area contributed by atoms with Gasteiger partial charge in [0.25, 0.3) is 0 Å². The van der Waals surface area contributed by atoms with Crippen molar-refractivity contribution in [1.29, 1.82) is 0 Å². The van der Waals surface area contributed by atoms with Crippen LogP contribution in [0.1, 0.15) is 32.1 Å². The van der Waals surface area contributed by atoms with E-state index < -0.39 is 15.6 Å². The normalized spacial score (nSPS) is 36.7. The van der Waals surface area contributed by atoms with Gasteiger partial charge >= 0.3 is 10.2 Å². The molecule has 2 unspecified atom stereocenters. The van der Waals surface area contributed by atoms with Gasteiger partial charge in [0.05, 0.1) is 12.2 Å². The van der Waals surface area contributed by atoms with Gasteiger partial charge in [-0.2, -0.15) is 12.7 Å². The minimum absolute atomic E-state index is 0.0112. The van der Waals surface area contributed by atoms with Crippen LogP contribution in [0.2, 0.25) is 0 Å². The first-order valence-electron chi connectivity index (χ1n) is 10.7. The molecule has 2 amide bonds. The highest BCUT2D eigenvalue weighted by molar-refractivity contribution is 7.90. The van der Waals surface area contributed by atoms with E-state index >= 15 is 0 Å². The number of para-hydroxylation sites is 1. The summed E-state index contributed by atoms with van der Waals surface area (Å²) in [6, 6.07) is 8.95. The second-order valence-electron chi connectivity index (χ2n) is 9.46. The number of nitrogens with one attached hydrogen (secondary N) is 1. The van der Waals surface area contributed by atoms with Gasteiger partial charge in [-0.3, -0.25) is 13.9 Å². The lowest BCUT2D eigenvalue weighted by atomic mass is 9.47. The predicted octanol–water partition coefficient (Wildman–Crippen LogP) is 0.850. The highest BCUT2D eigenvalue weighted by atomic mass is 32.2. The summed E-state index contributed by atoms with van der Waals surface area (Å²) >= 11 is 0. The van der Waals surface area contributed by atoms with Crippen molar-refractivity contribution in [2.45, 2.75) is 38.1 Å². The molecule has 5 aliphatic rings. The predicted molar refractivity (Wildman–Crippen MR) is 111 cm³/mol. The third kappa shape index (κ3) is 3.10. The maximum Gasteiger partial charge on any atom is 0.304 e. The van der Waals surface area contributed by atoms with Crippen molar-refractivity contribution in [3.8, 4) is 0 Å². The van der Waals surface area contributed by atoms with E-state index in [-0.39, 0.29) is 42.8 Å². The Morgan fingerprint density at radius 2 is 1.73 bits per heavy atom. The molecule has 162 valence electrons. The van der Waals surface area contributed by atoms with E-state index in [1.165, 1.54) is 8.61 Å². The van der Waals surface area contributed by atoms with E-state index in [0.717, 1.165) is 32.1 Å². The molecule has 3 N–H and O–H groups in total. The number of rotatable bonds is 5. The minimum atomic E-state index is -3.71. The summed E-state index contributed by atoms with van der Waals surface area (Å²) in [7, 11) is -3.71.